The molecule has 0 bridgehead atoms. The molecule has 1 aromatic carbocycles. The second-order valence-electron chi connectivity index (χ2n) is 5.63. The quantitative estimate of drug-likeness (QED) is 0.203. The number of halogens is 5. The molecule has 0 aliphatic carbocycles. The second-order valence-corrected chi connectivity index (χ2v) is 5.63. The lowest BCUT2D eigenvalue weighted by Crippen LogP contribution is -2.37. The Morgan fingerprint density at radius 3 is 2.60 bits per heavy atom. The molecule has 1 heterocycles. The van der Waals surface area contributed by atoms with Crippen LogP contribution in [0.1, 0.15) is 31.8 Å². The van der Waals surface area contributed by atoms with Gasteiger partial charge in [-0.25, -0.2) is 9.98 Å². The SMILES string of the molecule is CCNC(=NCc1cccc(OCC)c1OC(F)F)NCc1nccn1C(F)F.I. The molecule has 7 nitrogen and oxygen atoms in total. The van der Waals surface area contributed by atoms with Gasteiger partial charge in [-0.05, 0) is 19.9 Å². The maximum absolute atomic E-state index is 12.9. The first kappa shape index (κ1) is 25.8. The van der Waals surface area contributed by atoms with E-state index in [0.29, 0.717) is 18.1 Å². The van der Waals surface area contributed by atoms with Crippen molar-refractivity contribution in [2.24, 2.45) is 4.99 Å². The first-order valence-corrected chi connectivity index (χ1v) is 8.97. The van der Waals surface area contributed by atoms with Crippen LogP contribution in [0.4, 0.5) is 17.6 Å². The Labute approximate surface area is 188 Å². The summed E-state index contributed by atoms with van der Waals surface area (Å²) in [6.45, 7) is -1.36. The van der Waals surface area contributed by atoms with Gasteiger partial charge in [0.25, 0.3) is 0 Å². The molecule has 12 heteroatoms. The number of alkyl halides is 4. The van der Waals surface area contributed by atoms with Crippen LogP contribution in [0, 0.1) is 0 Å². The van der Waals surface area contributed by atoms with Crippen LogP contribution < -0.4 is 20.1 Å². The third kappa shape index (κ3) is 7.54. The van der Waals surface area contributed by atoms with E-state index in [9.17, 15) is 17.6 Å². The summed E-state index contributed by atoms with van der Waals surface area (Å²) in [6, 6.07) is 4.77. The standard InChI is InChI=1S/C18H23F4N5O2.HI/c1-3-23-18(26-11-14-24-8-9-27(14)16(19)20)25-10-12-6-5-7-13(28-4-2)15(12)29-17(21)22;/h5-9,16-17H,3-4,10-11H2,1-2H3,(H2,23,25,26);1H. The van der Waals surface area contributed by atoms with Gasteiger partial charge >= 0.3 is 13.2 Å². The van der Waals surface area contributed by atoms with Gasteiger partial charge in [0, 0.05) is 24.5 Å². The number of nitrogens with one attached hydrogen (secondary N) is 2. The average molecular weight is 545 g/mol. The Balaban J connectivity index is 0.00000450. The van der Waals surface area contributed by atoms with Crippen molar-refractivity contribution in [3.05, 3.63) is 42.0 Å². The van der Waals surface area contributed by atoms with Gasteiger partial charge in [0.2, 0.25) is 0 Å². The van der Waals surface area contributed by atoms with Crippen LogP contribution >= 0.6 is 24.0 Å². The van der Waals surface area contributed by atoms with Crippen molar-refractivity contribution in [3.8, 4) is 11.5 Å². The minimum absolute atomic E-state index is 0. The highest BCUT2D eigenvalue weighted by molar-refractivity contribution is 14.0. The van der Waals surface area contributed by atoms with Crippen LogP contribution in [0.25, 0.3) is 0 Å². The molecule has 30 heavy (non-hydrogen) atoms. The minimum atomic E-state index is -3.01. The largest absolute Gasteiger partial charge is 0.490 e. The highest BCUT2D eigenvalue weighted by atomic mass is 127. The van der Waals surface area contributed by atoms with E-state index in [1.165, 1.54) is 18.5 Å². The molecule has 2 rings (SSSR count). The Kier molecular flexibility index (Phi) is 11.3. The predicted octanol–water partition coefficient (Wildman–Crippen LogP) is 4.15. The predicted molar refractivity (Wildman–Crippen MR) is 115 cm³/mol. The van der Waals surface area contributed by atoms with E-state index in [-0.39, 0.29) is 61.0 Å². The Hall–Kier alpha value is -2.25. The topological polar surface area (TPSA) is 72.7 Å². The van der Waals surface area contributed by atoms with E-state index in [1.807, 2.05) is 6.92 Å². The molecule has 0 aliphatic rings. The van der Waals surface area contributed by atoms with E-state index in [0.717, 1.165) is 4.57 Å². The number of benzene rings is 1. The number of hydrogen-bond donors (Lipinski definition) is 2. The van der Waals surface area contributed by atoms with E-state index < -0.39 is 13.2 Å². The summed E-state index contributed by atoms with van der Waals surface area (Å²) in [5.41, 5.74) is 0.391. The van der Waals surface area contributed by atoms with Crippen LogP contribution in [0.3, 0.4) is 0 Å². The molecule has 0 saturated carbocycles. The van der Waals surface area contributed by atoms with Gasteiger partial charge in [-0.2, -0.15) is 17.6 Å². The molecule has 0 spiro atoms. The fourth-order valence-corrected chi connectivity index (χ4v) is 2.51. The summed E-state index contributed by atoms with van der Waals surface area (Å²) in [5.74, 6) is 0.543. The van der Waals surface area contributed by atoms with Crippen LogP contribution in [0.15, 0.2) is 35.6 Å². The van der Waals surface area contributed by atoms with Crippen molar-refractivity contribution < 1.29 is 27.0 Å². The lowest BCUT2D eigenvalue weighted by Gasteiger charge is -2.15. The minimum Gasteiger partial charge on any atom is -0.490 e. The monoisotopic (exact) mass is 545 g/mol. The molecule has 2 N–H and O–H groups in total. The molecule has 0 atom stereocenters. The van der Waals surface area contributed by atoms with Crippen molar-refractivity contribution in [2.45, 2.75) is 40.1 Å². The first-order valence-electron chi connectivity index (χ1n) is 8.97. The maximum atomic E-state index is 12.9. The zero-order valence-corrected chi connectivity index (χ0v) is 18.8. The number of para-hydroxylation sites is 1. The van der Waals surface area contributed by atoms with Crippen molar-refractivity contribution >= 4 is 29.9 Å². The molecule has 0 saturated heterocycles. The van der Waals surface area contributed by atoms with Crippen LogP contribution in [-0.2, 0) is 13.1 Å². The summed E-state index contributed by atoms with van der Waals surface area (Å²) in [7, 11) is 0. The van der Waals surface area contributed by atoms with Gasteiger partial charge in [0.1, 0.15) is 5.82 Å². The highest BCUT2D eigenvalue weighted by Crippen LogP contribution is 2.33. The van der Waals surface area contributed by atoms with Crippen molar-refractivity contribution in [1.82, 2.24) is 20.2 Å². The van der Waals surface area contributed by atoms with Crippen LogP contribution in [-0.4, -0.2) is 35.3 Å². The number of aliphatic imine (C=N–C) groups is 1. The lowest BCUT2D eigenvalue weighted by molar-refractivity contribution is -0.0520. The molecule has 2 aromatic rings. The van der Waals surface area contributed by atoms with Crippen molar-refractivity contribution in [2.75, 3.05) is 13.2 Å². The smallest absolute Gasteiger partial charge is 0.387 e. The fraction of sp³-hybridized carbons (Fsp3) is 0.444. The van der Waals surface area contributed by atoms with Gasteiger partial charge < -0.3 is 20.1 Å². The van der Waals surface area contributed by atoms with Crippen molar-refractivity contribution in [3.63, 3.8) is 0 Å². The first-order chi connectivity index (χ1) is 14.0. The zero-order chi connectivity index (χ0) is 21.2. The van der Waals surface area contributed by atoms with Crippen molar-refractivity contribution in [1.29, 1.82) is 0 Å². The fourth-order valence-electron chi connectivity index (χ4n) is 2.51. The van der Waals surface area contributed by atoms with E-state index in [1.54, 1.807) is 19.1 Å². The molecular weight excluding hydrogens is 521 g/mol. The third-order valence-corrected chi connectivity index (χ3v) is 3.69. The van der Waals surface area contributed by atoms with E-state index in [4.69, 9.17) is 4.74 Å². The summed E-state index contributed by atoms with van der Waals surface area (Å²) in [4.78, 5) is 8.20. The van der Waals surface area contributed by atoms with Gasteiger partial charge in [-0.3, -0.25) is 4.57 Å². The molecule has 0 radical (unpaired) electrons. The third-order valence-electron chi connectivity index (χ3n) is 3.69. The number of ether oxygens (including phenoxy) is 2. The van der Waals surface area contributed by atoms with Gasteiger partial charge in [0.05, 0.1) is 19.7 Å². The van der Waals surface area contributed by atoms with E-state index in [2.05, 4.69) is 25.3 Å². The molecular formula is C18H24F4IN5O2. The summed E-state index contributed by atoms with van der Waals surface area (Å²) in [6.07, 6.45) is 2.46. The van der Waals surface area contributed by atoms with Crippen LogP contribution in [0.5, 0.6) is 11.5 Å². The molecule has 0 unspecified atom stereocenters. The maximum Gasteiger partial charge on any atom is 0.387 e. The van der Waals surface area contributed by atoms with Crippen LogP contribution in [0.2, 0.25) is 0 Å². The number of imidazole rings is 1. The number of hydrogen-bond acceptors (Lipinski definition) is 4. The Morgan fingerprint density at radius 2 is 1.97 bits per heavy atom. The van der Waals surface area contributed by atoms with E-state index >= 15 is 0 Å². The number of guanidine groups is 1. The molecule has 0 amide bonds. The highest BCUT2D eigenvalue weighted by Gasteiger charge is 2.16. The molecule has 168 valence electrons. The zero-order valence-electron chi connectivity index (χ0n) is 16.4. The molecule has 0 aliphatic heterocycles. The Morgan fingerprint density at radius 1 is 1.20 bits per heavy atom. The second kappa shape index (κ2) is 13.1. The number of rotatable bonds is 10. The molecule has 1 aromatic heterocycles. The normalized spacial score (nSPS) is 11.4. The molecule has 0 fully saturated rings. The Bertz CT molecular complexity index is 805. The summed E-state index contributed by atoms with van der Waals surface area (Å²) >= 11 is 0. The van der Waals surface area contributed by atoms with Gasteiger partial charge in [-0.1, -0.05) is 12.1 Å². The van der Waals surface area contributed by atoms with Gasteiger partial charge in [-0.15, -0.1) is 24.0 Å². The number of nitrogens with zero attached hydrogens (tertiary/aromatic N) is 3. The lowest BCUT2D eigenvalue weighted by atomic mass is 10.2. The number of aromatic nitrogens is 2. The summed E-state index contributed by atoms with van der Waals surface area (Å²) < 4.78 is 62.1. The van der Waals surface area contributed by atoms with Gasteiger partial charge in [0.15, 0.2) is 17.5 Å². The summed E-state index contributed by atoms with van der Waals surface area (Å²) in [5, 5.41) is 5.85. The average Bonchev–Trinajstić information content (AvgIpc) is 3.15.